The molecule has 1 atom stereocenters. The zero-order valence-electron chi connectivity index (χ0n) is 8.76. The van der Waals surface area contributed by atoms with Crippen LogP contribution in [-0.2, 0) is 9.53 Å². The number of rotatable bonds is 6. The van der Waals surface area contributed by atoms with Gasteiger partial charge in [-0.25, -0.2) is 10.4 Å². The van der Waals surface area contributed by atoms with Gasteiger partial charge in [0.05, 0.1) is 12.6 Å². The van der Waals surface area contributed by atoms with Crippen molar-refractivity contribution in [2.24, 2.45) is 0 Å². The number of carbonyl (C=O) groups excluding carboxylic acids is 1. The quantitative estimate of drug-likeness (QED) is 0.424. The third-order valence-corrected chi connectivity index (χ3v) is 1.45. The van der Waals surface area contributed by atoms with Crippen molar-refractivity contribution in [3.63, 3.8) is 0 Å². The van der Waals surface area contributed by atoms with Crippen LogP contribution < -0.4 is 10.7 Å². The number of ether oxygens (including phenoxy) is 1. The number of nitrogens with zero attached hydrogens (tertiary/aromatic N) is 1. The number of methoxy groups -OCH3 is 1. The molecule has 1 amide bonds. The fourth-order valence-corrected chi connectivity index (χ4v) is 0.875. The first-order valence-electron chi connectivity index (χ1n) is 4.28. The predicted octanol–water partition coefficient (Wildman–Crippen LogP) is -0.796. The first-order valence-corrected chi connectivity index (χ1v) is 4.28. The van der Waals surface area contributed by atoms with E-state index < -0.39 is 0 Å². The molecular formula is C8H19N3O2. The summed E-state index contributed by atoms with van der Waals surface area (Å²) >= 11 is 0. The topological polar surface area (TPSA) is 53.6 Å². The average molecular weight is 189 g/mol. The van der Waals surface area contributed by atoms with E-state index >= 15 is 0 Å². The van der Waals surface area contributed by atoms with Gasteiger partial charge in [-0.05, 0) is 6.92 Å². The monoisotopic (exact) mass is 189 g/mol. The molecule has 0 radical (unpaired) electrons. The lowest BCUT2D eigenvalue weighted by Gasteiger charge is -2.18. The Morgan fingerprint density at radius 2 is 2.15 bits per heavy atom. The predicted molar refractivity (Wildman–Crippen MR) is 51.2 cm³/mol. The highest BCUT2D eigenvalue weighted by Crippen LogP contribution is 1.82. The summed E-state index contributed by atoms with van der Waals surface area (Å²) in [6.07, 6.45) is 0. The van der Waals surface area contributed by atoms with Crippen molar-refractivity contribution >= 4 is 5.91 Å². The number of nitrogens with one attached hydrogen (secondary N) is 2. The summed E-state index contributed by atoms with van der Waals surface area (Å²) in [7, 11) is 5.30. The van der Waals surface area contributed by atoms with E-state index in [4.69, 9.17) is 4.74 Å². The number of carbonyl (C=O) groups is 1. The molecule has 1 unspecified atom stereocenters. The van der Waals surface area contributed by atoms with Gasteiger partial charge in [0, 0.05) is 27.7 Å². The van der Waals surface area contributed by atoms with Gasteiger partial charge in [-0.1, -0.05) is 0 Å². The highest BCUT2D eigenvalue weighted by Gasteiger charge is 2.11. The van der Waals surface area contributed by atoms with Gasteiger partial charge in [-0.3, -0.25) is 4.79 Å². The number of amides is 1. The van der Waals surface area contributed by atoms with Crippen LogP contribution in [0.15, 0.2) is 0 Å². The van der Waals surface area contributed by atoms with Crippen LogP contribution in [0.4, 0.5) is 0 Å². The molecule has 0 rings (SSSR count). The van der Waals surface area contributed by atoms with Crippen LogP contribution in [0, 0.1) is 0 Å². The molecule has 0 saturated heterocycles. The molecule has 2 N–H and O–H groups in total. The van der Waals surface area contributed by atoms with E-state index in [1.165, 1.54) is 0 Å². The van der Waals surface area contributed by atoms with E-state index in [9.17, 15) is 4.79 Å². The van der Waals surface area contributed by atoms with Gasteiger partial charge in [0.1, 0.15) is 0 Å². The van der Waals surface area contributed by atoms with E-state index in [2.05, 4.69) is 10.7 Å². The molecule has 0 aliphatic heterocycles. The van der Waals surface area contributed by atoms with Crippen LogP contribution >= 0.6 is 0 Å². The second-order valence-electron chi connectivity index (χ2n) is 3.03. The van der Waals surface area contributed by atoms with Crippen molar-refractivity contribution in [1.82, 2.24) is 15.8 Å². The lowest BCUT2D eigenvalue weighted by atomic mass is 10.3. The van der Waals surface area contributed by atoms with E-state index in [1.54, 1.807) is 12.1 Å². The Labute approximate surface area is 79.4 Å². The summed E-state index contributed by atoms with van der Waals surface area (Å²) in [6, 6.07) is -0.216. The summed E-state index contributed by atoms with van der Waals surface area (Å²) in [5.41, 5.74) is 2.95. The molecule has 0 aromatic heterocycles. The van der Waals surface area contributed by atoms with Crippen LogP contribution in [0.5, 0.6) is 0 Å². The Hall–Kier alpha value is -0.650. The molecule has 13 heavy (non-hydrogen) atoms. The summed E-state index contributed by atoms with van der Waals surface area (Å²) < 4.78 is 4.81. The smallest absolute Gasteiger partial charge is 0.238 e. The minimum Gasteiger partial charge on any atom is -0.383 e. The van der Waals surface area contributed by atoms with Crippen molar-refractivity contribution in [2.45, 2.75) is 13.0 Å². The third kappa shape index (κ3) is 6.51. The average Bonchev–Trinajstić information content (AvgIpc) is 2.03. The highest BCUT2D eigenvalue weighted by molar-refractivity contribution is 5.81. The zero-order chi connectivity index (χ0) is 10.3. The van der Waals surface area contributed by atoms with Gasteiger partial charge in [0.2, 0.25) is 5.91 Å². The summed E-state index contributed by atoms with van der Waals surface area (Å²) in [5, 5.41) is 4.49. The van der Waals surface area contributed by atoms with Crippen molar-refractivity contribution < 1.29 is 9.53 Å². The molecule has 0 aromatic carbocycles. The standard InChI is InChI=1S/C8H19N3O2/c1-7(10-11(2)3)8(12)9-5-6-13-4/h7,10H,5-6H2,1-4H3,(H,9,12). The maximum atomic E-state index is 11.3. The molecule has 0 heterocycles. The van der Waals surface area contributed by atoms with Crippen molar-refractivity contribution in [3.05, 3.63) is 0 Å². The summed E-state index contributed by atoms with van der Waals surface area (Å²) in [4.78, 5) is 11.3. The number of hydrogen-bond donors (Lipinski definition) is 2. The molecule has 0 saturated carbocycles. The van der Waals surface area contributed by atoms with E-state index in [0.717, 1.165) is 0 Å². The van der Waals surface area contributed by atoms with E-state index in [0.29, 0.717) is 13.2 Å². The maximum absolute atomic E-state index is 11.3. The summed E-state index contributed by atoms with van der Waals surface area (Å²) in [5.74, 6) is -0.0225. The maximum Gasteiger partial charge on any atom is 0.238 e. The van der Waals surface area contributed by atoms with Crippen LogP contribution in [0.3, 0.4) is 0 Å². The normalized spacial score (nSPS) is 13.0. The van der Waals surface area contributed by atoms with Gasteiger partial charge in [0.25, 0.3) is 0 Å². The molecule has 0 aliphatic carbocycles. The van der Waals surface area contributed by atoms with Crippen LogP contribution in [0.2, 0.25) is 0 Å². The Bertz CT molecular complexity index is 150. The van der Waals surface area contributed by atoms with Gasteiger partial charge in [0.15, 0.2) is 0 Å². The lowest BCUT2D eigenvalue weighted by Crippen LogP contribution is -2.48. The molecule has 5 heteroatoms. The van der Waals surface area contributed by atoms with Gasteiger partial charge >= 0.3 is 0 Å². The highest BCUT2D eigenvalue weighted by atomic mass is 16.5. The third-order valence-electron chi connectivity index (χ3n) is 1.45. The van der Waals surface area contributed by atoms with Crippen LogP contribution in [-0.4, -0.2) is 51.3 Å². The van der Waals surface area contributed by atoms with Crippen molar-refractivity contribution in [2.75, 3.05) is 34.4 Å². The van der Waals surface area contributed by atoms with Crippen molar-refractivity contribution in [1.29, 1.82) is 0 Å². The van der Waals surface area contributed by atoms with E-state index in [-0.39, 0.29) is 11.9 Å². The van der Waals surface area contributed by atoms with Crippen molar-refractivity contribution in [3.8, 4) is 0 Å². The summed E-state index contributed by atoms with van der Waals surface area (Å²) in [6.45, 7) is 2.90. The van der Waals surface area contributed by atoms with E-state index in [1.807, 2.05) is 21.0 Å². The Kier molecular flexibility index (Phi) is 6.48. The first-order chi connectivity index (χ1) is 6.07. The van der Waals surface area contributed by atoms with Crippen LogP contribution in [0.1, 0.15) is 6.92 Å². The Morgan fingerprint density at radius 3 is 2.62 bits per heavy atom. The first kappa shape index (κ1) is 12.3. The molecule has 0 spiro atoms. The zero-order valence-corrected chi connectivity index (χ0v) is 8.76. The Morgan fingerprint density at radius 1 is 1.54 bits per heavy atom. The SMILES string of the molecule is COCCNC(=O)C(C)NN(C)C. The molecule has 78 valence electrons. The minimum atomic E-state index is -0.216. The number of hydrazine groups is 1. The molecule has 0 fully saturated rings. The Balaban J connectivity index is 3.57. The molecular weight excluding hydrogens is 170 g/mol. The second-order valence-corrected chi connectivity index (χ2v) is 3.03. The molecule has 0 aliphatic rings. The lowest BCUT2D eigenvalue weighted by molar-refractivity contribution is -0.124. The second kappa shape index (κ2) is 6.82. The molecule has 0 aromatic rings. The largest absolute Gasteiger partial charge is 0.383 e. The molecule has 0 bridgehead atoms. The van der Waals surface area contributed by atoms with Gasteiger partial charge < -0.3 is 10.1 Å². The molecule has 5 nitrogen and oxygen atoms in total. The van der Waals surface area contributed by atoms with Gasteiger partial charge in [-0.15, -0.1) is 0 Å². The fraction of sp³-hybridized carbons (Fsp3) is 0.875. The number of hydrogen-bond acceptors (Lipinski definition) is 4. The van der Waals surface area contributed by atoms with Crippen LogP contribution in [0.25, 0.3) is 0 Å². The fourth-order valence-electron chi connectivity index (χ4n) is 0.875. The van der Waals surface area contributed by atoms with Gasteiger partial charge in [-0.2, -0.15) is 0 Å². The minimum absolute atomic E-state index is 0.0225.